The number of hydrogen-bond acceptors (Lipinski definition) is 1. The number of hydrogen-bond donors (Lipinski definition) is 1. The molecule has 1 aromatic rings. The van der Waals surface area contributed by atoms with E-state index in [2.05, 4.69) is 63.3 Å². The zero-order valence-corrected chi connectivity index (χ0v) is 12.5. The third kappa shape index (κ3) is 4.13. The first kappa shape index (κ1) is 15.2. The van der Waals surface area contributed by atoms with E-state index < -0.39 is 0 Å². The Morgan fingerprint density at radius 1 is 1.11 bits per heavy atom. The molecule has 18 heavy (non-hydrogen) atoms. The van der Waals surface area contributed by atoms with Crippen LogP contribution < -0.4 is 5.32 Å². The van der Waals surface area contributed by atoms with Gasteiger partial charge in [0.05, 0.1) is 0 Å². The highest BCUT2D eigenvalue weighted by atomic mass is 14.9. The van der Waals surface area contributed by atoms with Gasteiger partial charge in [-0.2, -0.15) is 0 Å². The van der Waals surface area contributed by atoms with Crippen LogP contribution in [0.5, 0.6) is 0 Å². The van der Waals surface area contributed by atoms with Gasteiger partial charge in [0.1, 0.15) is 0 Å². The highest BCUT2D eigenvalue weighted by molar-refractivity contribution is 5.26. The lowest BCUT2D eigenvalue weighted by Gasteiger charge is -2.35. The molecule has 1 N–H and O–H groups in total. The Balaban J connectivity index is 2.90. The number of nitrogens with one attached hydrogen (secondary N) is 1. The number of benzene rings is 1. The Hall–Kier alpha value is -0.820. The lowest BCUT2D eigenvalue weighted by Crippen LogP contribution is -2.40. The van der Waals surface area contributed by atoms with Crippen LogP contribution in [0.3, 0.4) is 0 Å². The number of rotatable bonds is 8. The van der Waals surface area contributed by atoms with Gasteiger partial charge in [0.15, 0.2) is 0 Å². The van der Waals surface area contributed by atoms with Gasteiger partial charge in [0.25, 0.3) is 0 Å². The highest BCUT2D eigenvalue weighted by Crippen LogP contribution is 2.33. The summed E-state index contributed by atoms with van der Waals surface area (Å²) < 4.78 is 0. The Kier molecular flexibility index (Phi) is 6.42. The molecule has 0 saturated carbocycles. The monoisotopic (exact) mass is 247 g/mol. The molecule has 0 radical (unpaired) electrons. The van der Waals surface area contributed by atoms with E-state index in [4.69, 9.17) is 0 Å². The van der Waals surface area contributed by atoms with Crippen molar-refractivity contribution in [2.24, 2.45) is 0 Å². The first-order valence-corrected chi connectivity index (χ1v) is 7.43. The quantitative estimate of drug-likeness (QED) is 0.712. The van der Waals surface area contributed by atoms with E-state index in [1.54, 1.807) is 0 Å². The van der Waals surface area contributed by atoms with Crippen LogP contribution in [-0.4, -0.2) is 12.6 Å². The molecule has 1 nitrogen and oxygen atoms in total. The van der Waals surface area contributed by atoms with Crippen LogP contribution in [0.25, 0.3) is 0 Å². The zero-order valence-electron chi connectivity index (χ0n) is 12.5. The molecule has 0 fully saturated rings. The first-order chi connectivity index (χ1) is 8.64. The van der Waals surface area contributed by atoms with Crippen LogP contribution in [0.15, 0.2) is 30.3 Å². The molecule has 0 bridgehead atoms. The molecule has 102 valence electrons. The van der Waals surface area contributed by atoms with Gasteiger partial charge in [-0.25, -0.2) is 0 Å². The van der Waals surface area contributed by atoms with Crippen molar-refractivity contribution < 1.29 is 0 Å². The van der Waals surface area contributed by atoms with Gasteiger partial charge in [-0.05, 0) is 18.4 Å². The fourth-order valence-corrected chi connectivity index (χ4v) is 2.55. The van der Waals surface area contributed by atoms with Crippen molar-refractivity contribution in [2.75, 3.05) is 6.54 Å². The summed E-state index contributed by atoms with van der Waals surface area (Å²) in [6.07, 6.45) is 5.07. The minimum Gasteiger partial charge on any atom is -0.314 e. The number of unbranched alkanes of at least 4 members (excludes halogenated alkanes) is 1. The fraction of sp³-hybridized carbons (Fsp3) is 0.647. The lowest BCUT2D eigenvalue weighted by atomic mass is 9.74. The second-order valence-electron chi connectivity index (χ2n) is 5.64. The smallest absolute Gasteiger partial charge is 0.00752 e. The molecular formula is C17H29N. The Bertz CT molecular complexity index is 318. The largest absolute Gasteiger partial charge is 0.314 e. The maximum Gasteiger partial charge on any atom is 0.00752 e. The second kappa shape index (κ2) is 7.58. The molecule has 1 atom stereocenters. The molecule has 1 heteroatoms. The van der Waals surface area contributed by atoms with Crippen LogP contribution >= 0.6 is 0 Å². The van der Waals surface area contributed by atoms with Gasteiger partial charge in [-0.1, -0.05) is 70.9 Å². The van der Waals surface area contributed by atoms with Gasteiger partial charge in [-0.3, -0.25) is 0 Å². The maximum absolute atomic E-state index is 3.64. The van der Waals surface area contributed by atoms with Gasteiger partial charge in [-0.15, -0.1) is 0 Å². The SMILES string of the molecule is CCCCC(CC)(CNC(C)C)c1ccccc1. The average molecular weight is 247 g/mol. The second-order valence-corrected chi connectivity index (χ2v) is 5.64. The minimum atomic E-state index is 0.307. The summed E-state index contributed by atoms with van der Waals surface area (Å²) in [5, 5.41) is 3.64. The highest BCUT2D eigenvalue weighted by Gasteiger charge is 2.29. The maximum atomic E-state index is 3.64. The Morgan fingerprint density at radius 3 is 2.28 bits per heavy atom. The van der Waals surface area contributed by atoms with Gasteiger partial charge in [0.2, 0.25) is 0 Å². The summed E-state index contributed by atoms with van der Waals surface area (Å²) >= 11 is 0. The molecule has 1 unspecified atom stereocenters. The van der Waals surface area contributed by atoms with Crippen molar-refractivity contribution in [3.8, 4) is 0 Å². The predicted molar refractivity (Wildman–Crippen MR) is 81.1 cm³/mol. The summed E-state index contributed by atoms with van der Waals surface area (Å²) in [7, 11) is 0. The topological polar surface area (TPSA) is 12.0 Å². The summed E-state index contributed by atoms with van der Waals surface area (Å²) in [5.74, 6) is 0. The molecule has 0 heterocycles. The molecule has 0 aliphatic rings. The van der Waals surface area contributed by atoms with Crippen molar-refractivity contribution in [1.82, 2.24) is 5.32 Å². The third-order valence-electron chi connectivity index (χ3n) is 3.92. The molecule has 1 aromatic carbocycles. The van der Waals surface area contributed by atoms with Crippen molar-refractivity contribution >= 4 is 0 Å². The minimum absolute atomic E-state index is 0.307. The van der Waals surface area contributed by atoms with E-state index in [0.29, 0.717) is 11.5 Å². The van der Waals surface area contributed by atoms with Gasteiger partial charge in [0, 0.05) is 18.0 Å². The Labute approximate surface area is 113 Å². The van der Waals surface area contributed by atoms with E-state index in [1.165, 1.54) is 31.2 Å². The molecular weight excluding hydrogens is 218 g/mol. The van der Waals surface area contributed by atoms with Crippen LogP contribution in [0.2, 0.25) is 0 Å². The summed E-state index contributed by atoms with van der Waals surface area (Å²) in [5.41, 5.74) is 1.80. The molecule has 0 aromatic heterocycles. The van der Waals surface area contributed by atoms with E-state index in [1.807, 2.05) is 0 Å². The molecule has 0 saturated heterocycles. The fourth-order valence-electron chi connectivity index (χ4n) is 2.55. The normalized spacial score (nSPS) is 14.7. The third-order valence-corrected chi connectivity index (χ3v) is 3.92. The first-order valence-electron chi connectivity index (χ1n) is 7.43. The van der Waals surface area contributed by atoms with Crippen LogP contribution in [-0.2, 0) is 5.41 Å². The van der Waals surface area contributed by atoms with Crippen molar-refractivity contribution in [3.05, 3.63) is 35.9 Å². The molecule has 0 spiro atoms. The summed E-state index contributed by atoms with van der Waals surface area (Å²) in [6.45, 7) is 10.1. The van der Waals surface area contributed by atoms with Gasteiger partial charge < -0.3 is 5.32 Å². The summed E-state index contributed by atoms with van der Waals surface area (Å²) in [6, 6.07) is 11.6. The molecule has 1 rings (SSSR count). The summed E-state index contributed by atoms with van der Waals surface area (Å²) in [4.78, 5) is 0. The van der Waals surface area contributed by atoms with E-state index >= 15 is 0 Å². The standard InChI is InChI=1S/C17H29N/c1-5-7-13-17(6-2,14-18-15(3)4)16-11-9-8-10-12-16/h8-12,15,18H,5-7,13-14H2,1-4H3. The van der Waals surface area contributed by atoms with Crippen LogP contribution in [0.1, 0.15) is 58.9 Å². The predicted octanol–water partition coefficient (Wildman–Crippen LogP) is 4.52. The molecule has 0 amide bonds. The van der Waals surface area contributed by atoms with Crippen molar-refractivity contribution in [3.63, 3.8) is 0 Å². The average Bonchev–Trinajstić information content (AvgIpc) is 2.40. The zero-order chi connectivity index (χ0) is 13.4. The van der Waals surface area contributed by atoms with Crippen LogP contribution in [0, 0.1) is 0 Å². The van der Waals surface area contributed by atoms with Crippen molar-refractivity contribution in [2.45, 2.75) is 64.8 Å². The van der Waals surface area contributed by atoms with Gasteiger partial charge >= 0.3 is 0 Å². The molecule has 0 aliphatic heterocycles. The van der Waals surface area contributed by atoms with E-state index in [-0.39, 0.29) is 0 Å². The van der Waals surface area contributed by atoms with E-state index in [0.717, 1.165) is 6.54 Å². The Morgan fingerprint density at radius 2 is 1.78 bits per heavy atom. The van der Waals surface area contributed by atoms with Crippen LogP contribution in [0.4, 0.5) is 0 Å². The lowest BCUT2D eigenvalue weighted by molar-refractivity contribution is 0.333. The molecule has 0 aliphatic carbocycles. The van der Waals surface area contributed by atoms with E-state index in [9.17, 15) is 0 Å². The van der Waals surface area contributed by atoms with Crippen molar-refractivity contribution in [1.29, 1.82) is 0 Å².